The van der Waals surface area contributed by atoms with Crippen LogP contribution in [0.1, 0.15) is 30.4 Å². The van der Waals surface area contributed by atoms with Crippen LogP contribution in [-0.4, -0.2) is 25.1 Å². The van der Waals surface area contributed by atoms with Gasteiger partial charge in [-0.3, -0.25) is 9.59 Å². The summed E-state index contributed by atoms with van der Waals surface area (Å²) < 4.78 is 25.0. The lowest BCUT2D eigenvalue weighted by Gasteiger charge is -2.11. The highest BCUT2D eigenvalue weighted by Gasteiger charge is 2.07. The number of nitrogens with one attached hydrogen (secondary N) is 2. The molecule has 3 rings (SSSR count). The first-order valence-corrected chi connectivity index (χ1v) is 11.6. The summed E-state index contributed by atoms with van der Waals surface area (Å²) in [5.74, 6) is 0.276. The first-order valence-electron chi connectivity index (χ1n) is 10.9. The summed E-state index contributed by atoms with van der Waals surface area (Å²) in [6, 6.07) is 18.6. The van der Waals surface area contributed by atoms with E-state index in [1.54, 1.807) is 42.5 Å². The van der Waals surface area contributed by atoms with Crippen molar-refractivity contribution >= 4 is 39.6 Å². The normalized spacial score (nSPS) is 10.7. The van der Waals surface area contributed by atoms with E-state index in [4.69, 9.17) is 9.47 Å². The van der Waals surface area contributed by atoms with E-state index >= 15 is 0 Å². The molecule has 9 heteroatoms. The molecule has 2 amide bonds. The Morgan fingerprint density at radius 1 is 1.00 bits per heavy atom. The highest BCUT2D eigenvalue weighted by molar-refractivity contribution is 9.10. The lowest BCUT2D eigenvalue weighted by atomic mass is 10.2. The van der Waals surface area contributed by atoms with Crippen LogP contribution in [0.4, 0.5) is 10.1 Å². The van der Waals surface area contributed by atoms with Gasteiger partial charge in [0.2, 0.25) is 11.8 Å². The Morgan fingerprint density at radius 3 is 2.51 bits per heavy atom. The number of anilines is 1. The van der Waals surface area contributed by atoms with E-state index in [9.17, 15) is 14.0 Å². The standard InChI is InChI=1S/C26H25BrFN3O4/c1-34-24-14-19(10-13-23(24)35-17-18-8-11-21(28)12-9-18)16-29-31-26(33)7-3-6-25(32)30-22-5-2-4-20(27)15-22/h2,4-5,8-16H,3,6-7,17H2,1H3,(H,30,32)(H,31,33)/b29-16-. The second-order valence-corrected chi connectivity index (χ2v) is 8.45. The zero-order valence-corrected chi connectivity index (χ0v) is 20.7. The fraction of sp³-hybridized carbons (Fsp3) is 0.192. The van der Waals surface area contributed by atoms with E-state index in [1.807, 2.05) is 12.1 Å². The summed E-state index contributed by atoms with van der Waals surface area (Å²) in [4.78, 5) is 24.0. The van der Waals surface area contributed by atoms with Crippen molar-refractivity contribution in [2.75, 3.05) is 12.4 Å². The van der Waals surface area contributed by atoms with Crippen molar-refractivity contribution in [3.8, 4) is 11.5 Å². The molecule has 0 radical (unpaired) electrons. The van der Waals surface area contributed by atoms with Gasteiger partial charge in [0.15, 0.2) is 11.5 Å². The maximum absolute atomic E-state index is 13.0. The van der Waals surface area contributed by atoms with Gasteiger partial charge in [0, 0.05) is 23.0 Å². The second kappa shape index (κ2) is 13.2. The average molecular weight is 542 g/mol. The average Bonchev–Trinajstić information content (AvgIpc) is 2.84. The number of hydrogen-bond donors (Lipinski definition) is 2. The molecule has 0 aromatic heterocycles. The smallest absolute Gasteiger partial charge is 0.240 e. The van der Waals surface area contributed by atoms with Crippen LogP contribution in [0.25, 0.3) is 0 Å². The van der Waals surface area contributed by atoms with Crippen molar-refractivity contribution in [3.63, 3.8) is 0 Å². The third kappa shape index (κ3) is 8.86. The lowest BCUT2D eigenvalue weighted by molar-refractivity contribution is -0.121. The van der Waals surface area contributed by atoms with Crippen molar-refractivity contribution in [2.24, 2.45) is 5.10 Å². The number of rotatable bonds is 11. The van der Waals surface area contributed by atoms with Crippen molar-refractivity contribution in [1.82, 2.24) is 5.43 Å². The topological polar surface area (TPSA) is 89.0 Å². The number of hydrazone groups is 1. The monoisotopic (exact) mass is 541 g/mol. The van der Waals surface area contributed by atoms with Crippen LogP contribution in [0.15, 0.2) is 76.3 Å². The summed E-state index contributed by atoms with van der Waals surface area (Å²) in [6.07, 6.45) is 2.28. The van der Waals surface area contributed by atoms with Crippen molar-refractivity contribution in [1.29, 1.82) is 0 Å². The summed E-state index contributed by atoms with van der Waals surface area (Å²) in [5.41, 5.74) is 4.68. The minimum absolute atomic E-state index is 0.159. The van der Waals surface area contributed by atoms with Gasteiger partial charge in [-0.15, -0.1) is 0 Å². The fourth-order valence-electron chi connectivity index (χ4n) is 3.06. The molecular formula is C26H25BrFN3O4. The van der Waals surface area contributed by atoms with Crippen LogP contribution in [0.5, 0.6) is 11.5 Å². The maximum atomic E-state index is 13.0. The zero-order valence-electron chi connectivity index (χ0n) is 19.1. The van der Waals surface area contributed by atoms with E-state index < -0.39 is 0 Å². The molecule has 0 saturated heterocycles. The van der Waals surface area contributed by atoms with E-state index in [-0.39, 0.29) is 37.1 Å². The van der Waals surface area contributed by atoms with Crippen LogP contribution >= 0.6 is 15.9 Å². The predicted octanol–water partition coefficient (Wildman–Crippen LogP) is 5.43. The number of carbonyl (C=O) groups excluding carboxylic acids is 2. The number of nitrogens with zero attached hydrogens (tertiary/aromatic N) is 1. The quantitative estimate of drug-likeness (QED) is 0.250. The van der Waals surface area contributed by atoms with Crippen LogP contribution in [0.3, 0.4) is 0 Å². The molecule has 0 heterocycles. The van der Waals surface area contributed by atoms with Gasteiger partial charge in [-0.05, 0) is 66.1 Å². The van der Waals surface area contributed by atoms with Gasteiger partial charge in [0.25, 0.3) is 0 Å². The van der Waals surface area contributed by atoms with E-state index in [1.165, 1.54) is 25.5 Å². The molecule has 35 heavy (non-hydrogen) atoms. The van der Waals surface area contributed by atoms with Crippen LogP contribution in [-0.2, 0) is 16.2 Å². The Kier molecular flexibility index (Phi) is 9.80. The fourth-order valence-corrected chi connectivity index (χ4v) is 3.46. The number of ether oxygens (including phenoxy) is 2. The molecule has 3 aromatic rings. The van der Waals surface area contributed by atoms with E-state index in [0.29, 0.717) is 29.2 Å². The highest BCUT2D eigenvalue weighted by Crippen LogP contribution is 2.28. The molecule has 0 aliphatic rings. The molecule has 0 saturated carbocycles. The largest absolute Gasteiger partial charge is 0.493 e. The van der Waals surface area contributed by atoms with Crippen molar-refractivity contribution < 1.29 is 23.5 Å². The molecule has 0 spiro atoms. The molecule has 3 aromatic carbocycles. The van der Waals surface area contributed by atoms with Gasteiger partial charge in [-0.25, -0.2) is 9.82 Å². The van der Waals surface area contributed by atoms with Gasteiger partial charge in [0.1, 0.15) is 12.4 Å². The molecule has 0 aliphatic heterocycles. The molecule has 0 aliphatic carbocycles. The third-order valence-corrected chi connectivity index (χ3v) is 5.31. The maximum Gasteiger partial charge on any atom is 0.240 e. The summed E-state index contributed by atoms with van der Waals surface area (Å²) in [5, 5.41) is 6.75. The molecule has 7 nitrogen and oxygen atoms in total. The molecule has 182 valence electrons. The number of methoxy groups -OCH3 is 1. The van der Waals surface area contributed by atoms with E-state index in [2.05, 4.69) is 31.8 Å². The minimum Gasteiger partial charge on any atom is -0.493 e. The zero-order chi connectivity index (χ0) is 25.0. The third-order valence-electron chi connectivity index (χ3n) is 4.81. The Bertz CT molecular complexity index is 1190. The summed E-state index contributed by atoms with van der Waals surface area (Å²) >= 11 is 3.35. The minimum atomic E-state index is -0.302. The van der Waals surface area contributed by atoms with Crippen LogP contribution < -0.4 is 20.2 Å². The molecule has 0 unspecified atom stereocenters. The number of halogens is 2. The summed E-state index contributed by atoms with van der Waals surface area (Å²) in [6.45, 7) is 0.265. The first kappa shape index (κ1) is 25.9. The predicted molar refractivity (Wildman–Crippen MR) is 136 cm³/mol. The molecule has 0 bridgehead atoms. The first-order chi connectivity index (χ1) is 16.9. The van der Waals surface area contributed by atoms with Gasteiger partial charge in [0.05, 0.1) is 13.3 Å². The highest BCUT2D eigenvalue weighted by atomic mass is 79.9. The number of benzene rings is 3. The van der Waals surface area contributed by atoms with Crippen molar-refractivity contribution in [2.45, 2.75) is 25.9 Å². The number of carbonyl (C=O) groups is 2. The Balaban J connectivity index is 1.42. The van der Waals surface area contributed by atoms with Crippen LogP contribution in [0.2, 0.25) is 0 Å². The molecule has 0 fully saturated rings. The van der Waals surface area contributed by atoms with Gasteiger partial charge < -0.3 is 14.8 Å². The Morgan fingerprint density at radius 2 is 1.77 bits per heavy atom. The molecule has 0 atom stereocenters. The van der Waals surface area contributed by atoms with Gasteiger partial charge in [-0.1, -0.05) is 34.1 Å². The summed E-state index contributed by atoms with van der Waals surface area (Å²) in [7, 11) is 1.52. The van der Waals surface area contributed by atoms with Crippen molar-refractivity contribution in [3.05, 3.63) is 88.1 Å². The lowest BCUT2D eigenvalue weighted by Crippen LogP contribution is -2.18. The number of hydrogen-bond acceptors (Lipinski definition) is 5. The van der Waals surface area contributed by atoms with Gasteiger partial charge >= 0.3 is 0 Å². The SMILES string of the molecule is COc1cc(/C=N\NC(=O)CCCC(=O)Nc2cccc(Br)c2)ccc1OCc1ccc(F)cc1. The Hall–Kier alpha value is -3.72. The molecular weight excluding hydrogens is 517 g/mol. The molecule has 2 N–H and O–H groups in total. The van der Waals surface area contributed by atoms with Gasteiger partial charge in [-0.2, -0.15) is 5.10 Å². The number of amides is 2. The second-order valence-electron chi connectivity index (χ2n) is 7.53. The van der Waals surface area contributed by atoms with Crippen LogP contribution in [0, 0.1) is 5.82 Å². The Labute approximate surface area is 211 Å². The van der Waals surface area contributed by atoms with E-state index in [0.717, 1.165) is 10.0 Å².